The van der Waals surface area contributed by atoms with Crippen LogP contribution in [-0.4, -0.2) is 11.9 Å². The van der Waals surface area contributed by atoms with Gasteiger partial charge in [0.15, 0.2) is 0 Å². The molecule has 2 rings (SSSR count). The van der Waals surface area contributed by atoms with Gasteiger partial charge in [-0.25, -0.2) is 4.39 Å². The summed E-state index contributed by atoms with van der Waals surface area (Å²) in [5.41, 5.74) is 0.365. The molecule has 1 aromatic rings. The maximum Gasteiger partial charge on any atom is 0.251 e. The van der Waals surface area contributed by atoms with Crippen LogP contribution in [0.15, 0.2) is 22.7 Å². The van der Waals surface area contributed by atoms with Gasteiger partial charge in [0.2, 0.25) is 0 Å². The maximum absolute atomic E-state index is 12.9. The molecular weight excluding hydrogens is 249 g/mol. The van der Waals surface area contributed by atoms with Gasteiger partial charge in [0, 0.05) is 16.1 Å². The molecule has 1 aliphatic rings. The van der Waals surface area contributed by atoms with Gasteiger partial charge in [-0.2, -0.15) is 0 Å². The van der Waals surface area contributed by atoms with Gasteiger partial charge in [0.1, 0.15) is 5.82 Å². The monoisotopic (exact) mass is 257 g/mol. The summed E-state index contributed by atoms with van der Waals surface area (Å²) in [5.74, 6) is -0.604. The average Bonchev–Trinajstić information content (AvgIpc) is 2.86. The van der Waals surface area contributed by atoms with Crippen LogP contribution >= 0.6 is 15.9 Å². The lowest BCUT2D eigenvalue weighted by molar-refractivity contribution is 0.0950. The Morgan fingerprint density at radius 1 is 1.43 bits per heavy atom. The van der Waals surface area contributed by atoms with Crippen LogP contribution in [0.25, 0.3) is 0 Å². The van der Waals surface area contributed by atoms with E-state index in [9.17, 15) is 9.18 Å². The number of benzene rings is 1. The lowest BCUT2D eigenvalue weighted by Gasteiger charge is -2.03. The molecular formula is C10H9BrFNO. The highest BCUT2D eigenvalue weighted by Gasteiger charge is 2.23. The number of hydrogen-bond donors (Lipinski definition) is 1. The molecule has 1 aromatic carbocycles. The van der Waals surface area contributed by atoms with Gasteiger partial charge in [-0.1, -0.05) is 15.9 Å². The van der Waals surface area contributed by atoms with Gasteiger partial charge < -0.3 is 5.32 Å². The highest BCUT2D eigenvalue weighted by atomic mass is 79.9. The van der Waals surface area contributed by atoms with Gasteiger partial charge in [0.25, 0.3) is 5.91 Å². The Hall–Kier alpha value is -0.900. The molecule has 0 spiro atoms. The minimum atomic E-state index is -0.402. The van der Waals surface area contributed by atoms with E-state index in [2.05, 4.69) is 21.2 Å². The predicted molar refractivity (Wildman–Crippen MR) is 54.6 cm³/mol. The minimum absolute atomic E-state index is 0.201. The fourth-order valence-corrected chi connectivity index (χ4v) is 1.65. The van der Waals surface area contributed by atoms with E-state index >= 15 is 0 Å². The molecule has 1 aliphatic carbocycles. The molecule has 74 valence electrons. The van der Waals surface area contributed by atoms with Crippen molar-refractivity contribution in [2.45, 2.75) is 18.9 Å². The van der Waals surface area contributed by atoms with Crippen molar-refractivity contribution in [1.82, 2.24) is 5.32 Å². The van der Waals surface area contributed by atoms with Gasteiger partial charge in [-0.3, -0.25) is 4.79 Å². The average molecular weight is 258 g/mol. The lowest BCUT2D eigenvalue weighted by Crippen LogP contribution is -2.25. The minimum Gasteiger partial charge on any atom is -0.349 e. The molecule has 0 radical (unpaired) electrons. The number of carbonyl (C=O) groups excluding carboxylic acids is 1. The van der Waals surface area contributed by atoms with Crippen molar-refractivity contribution < 1.29 is 9.18 Å². The highest BCUT2D eigenvalue weighted by Crippen LogP contribution is 2.20. The van der Waals surface area contributed by atoms with Crippen molar-refractivity contribution in [3.05, 3.63) is 34.1 Å². The topological polar surface area (TPSA) is 29.1 Å². The molecule has 4 heteroatoms. The van der Waals surface area contributed by atoms with Crippen molar-refractivity contribution >= 4 is 21.8 Å². The Morgan fingerprint density at radius 2 is 2.14 bits per heavy atom. The number of carbonyl (C=O) groups is 1. The third kappa shape index (κ3) is 2.32. The number of nitrogens with one attached hydrogen (secondary N) is 1. The predicted octanol–water partition coefficient (Wildman–Crippen LogP) is 2.48. The van der Waals surface area contributed by atoms with Crippen LogP contribution in [0.2, 0.25) is 0 Å². The Kier molecular flexibility index (Phi) is 2.54. The Morgan fingerprint density at radius 3 is 2.71 bits per heavy atom. The summed E-state index contributed by atoms with van der Waals surface area (Å²) in [6.07, 6.45) is 2.06. The van der Waals surface area contributed by atoms with Crippen LogP contribution in [0.3, 0.4) is 0 Å². The van der Waals surface area contributed by atoms with E-state index < -0.39 is 5.82 Å². The standard InChI is InChI=1S/C10H9BrFNO/c11-7-3-6(4-8(12)5-7)10(14)13-9-1-2-9/h3-5,9H,1-2H2,(H,13,14). The summed E-state index contributed by atoms with van der Waals surface area (Å²) in [6.45, 7) is 0. The van der Waals surface area contributed by atoms with E-state index in [1.165, 1.54) is 12.1 Å². The van der Waals surface area contributed by atoms with E-state index in [0.29, 0.717) is 16.1 Å². The number of amides is 1. The highest BCUT2D eigenvalue weighted by molar-refractivity contribution is 9.10. The number of hydrogen-bond acceptors (Lipinski definition) is 1. The maximum atomic E-state index is 12.9. The van der Waals surface area contributed by atoms with Crippen molar-refractivity contribution in [3.63, 3.8) is 0 Å². The van der Waals surface area contributed by atoms with E-state index in [4.69, 9.17) is 0 Å². The van der Waals surface area contributed by atoms with Crippen molar-refractivity contribution in [2.24, 2.45) is 0 Å². The summed E-state index contributed by atoms with van der Waals surface area (Å²) >= 11 is 3.14. The van der Waals surface area contributed by atoms with Gasteiger partial charge >= 0.3 is 0 Å². The molecule has 1 amide bonds. The van der Waals surface area contributed by atoms with Crippen LogP contribution in [0, 0.1) is 5.82 Å². The Bertz CT molecular complexity index is 356. The number of rotatable bonds is 2. The smallest absolute Gasteiger partial charge is 0.251 e. The van der Waals surface area contributed by atoms with E-state index in [1.54, 1.807) is 6.07 Å². The second-order valence-corrected chi connectivity index (χ2v) is 4.32. The number of halogens is 2. The molecule has 0 heterocycles. The molecule has 2 nitrogen and oxygen atoms in total. The summed E-state index contributed by atoms with van der Waals surface area (Å²) in [6, 6.07) is 4.47. The lowest BCUT2D eigenvalue weighted by atomic mass is 10.2. The van der Waals surface area contributed by atoms with Crippen LogP contribution < -0.4 is 5.32 Å². The van der Waals surface area contributed by atoms with Crippen molar-refractivity contribution in [1.29, 1.82) is 0 Å². The van der Waals surface area contributed by atoms with Crippen LogP contribution in [0.4, 0.5) is 4.39 Å². The summed E-state index contributed by atoms with van der Waals surface area (Å²) < 4.78 is 13.5. The molecule has 0 unspecified atom stereocenters. The van der Waals surface area contributed by atoms with E-state index in [1.807, 2.05) is 0 Å². The zero-order chi connectivity index (χ0) is 10.1. The largest absolute Gasteiger partial charge is 0.349 e. The molecule has 0 atom stereocenters. The van der Waals surface area contributed by atoms with E-state index in [0.717, 1.165) is 12.8 Å². The molecule has 0 bridgehead atoms. The SMILES string of the molecule is O=C(NC1CC1)c1cc(F)cc(Br)c1. The first-order chi connectivity index (χ1) is 6.65. The first kappa shape index (κ1) is 9.65. The Balaban J connectivity index is 2.17. The van der Waals surface area contributed by atoms with Crippen molar-refractivity contribution in [2.75, 3.05) is 0 Å². The third-order valence-corrected chi connectivity index (χ3v) is 2.50. The first-order valence-electron chi connectivity index (χ1n) is 4.42. The zero-order valence-corrected chi connectivity index (χ0v) is 8.97. The molecule has 1 saturated carbocycles. The second kappa shape index (κ2) is 3.69. The van der Waals surface area contributed by atoms with E-state index in [-0.39, 0.29) is 5.91 Å². The van der Waals surface area contributed by atoms with Gasteiger partial charge in [-0.05, 0) is 31.0 Å². The fraction of sp³-hybridized carbons (Fsp3) is 0.300. The van der Waals surface area contributed by atoms with Gasteiger partial charge in [-0.15, -0.1) is 0 Å². The normalized spacial score (nSPS) is 15.3. The van der Waals surface area contributed by atoms with Gasteiger partial charge in [0.05, 0.1) is 0 Å². The van der Waals surface area contributed by atoms with Crippen LogP contribution in [0.1, 0.15) is 23.2 Å². The quantitative estimate of drug-likeness (QED) is 0.867. The van der Waals surface area contributed by atoms with Crippen molar-refractivity contribution in [3.8, 4) is 0 Å². The molecule has 14 heavy (non-hydrogen) atoms. The second-order valence-electron chi connectivity index (χ2n) is 3.41. The van der Waals surface area contributed by atoms with Crippen LogP contribution in [0.5, 0.6) is 0 Å². The molecule has 0 aliphatic heterocycles. The molecule has 1 N–H and O–H groups in total. The fourth-order valence-electron chi connectivity index (χ4n) is 1.18. The Labute approximate surface area is 89.6 Å². The third-order valence-electron chi connectivity index (χ3n) is 2.04. The molecule has 0 aromatic heterocycles. The summed E-state index contributed by atoms with van der Waals surface area (Å²) in [4.78, 5) is 11.5. The summed E-state index contributed by atoms with van der Waals surface area (Å²) in [5, 5.41) is 2.80. The first-order valence-corrected chi connectivity index (χ1v) is 5.21. The summed E-state index contributed by atoms with van der Waals surface area (Å²) in [7, 11) is 0. The zero-order valence-electron chi connectivity index (χ0n) is 7.39. The van der Waals surface area contributed by atoms with Crippen LogP contribution in [-0.2, 0) is 0 Å². The molecule has 1 fully saturated rings. The molecule has 0 saturated heterocycles.